The first-order valence-corrected chi connectivity index (χ1v) is 8.92. The highest BCUT2D eigenvalue weighted by Gasteiger charge is 2.23. The molecule has 0 heterocycles. The minimum Gasteiger partial charge on any atom is -0.491 e. The number of rotatable bonds is 9. The third-order valence-electron chi connectivity index (χ3n) is 4.12. The number of ether oxygens (including phenoxy) is 2. The molecule has 0 aliphatic heterocycles. The summed E-state index contributed by atoms with van der Waals surface area (Å²) < 4.78 is 11.6. The molecule has 140 valence electrons. The molecule has 0 saturated heterocycles. The van der Waals surface area contributed by atoms with Crippen molar-refractivity contribution in [3.8, 4) is 23.6 Å². The molecule has 0 bridgehead atoms. The van der Waals surface area contributed by atoms with E-state index in [1.807, 2.05) is 26.0 Å². The summed E-state index contributed by atoms with van der Waals surface area (Å²) in [5.41, 5.74) is 0.0329. The van der Waals surface area contributed by atoms with Crippen LogP contribution in [0.4, 0.5) is 5.69 Å². The molecular weight excluding hydrogens is 346 g/mol. The molecule has 7 heteroatoms. The third kappa shape index (κ3) is 4.27. The zero-order chi connectivity index (χ0) is 19.8. The van der Waals surface area contributed by atoms with E-state index in [9.17, 15) is 20.6 Å². The molecule has 0 atom stereocenters. The normalized spacial score (nSPS) is 10.2. The maximum absolute atomic E-state index is 11.2. The zero-order valence-corrected chi connectivity index (χ0v) is 15.4. The number of nitro groups is 1. The largest absolute Gasteiger partial charge is 0.491 e. The Hall–Kier alpha value is -3.32. The summed E-state index contributed by atoms with van der Waals surface area (Å²) in [6.45, 7) is 4.76. The third-order valence-corrected chi connectivity index (χ3v) is 4.12. The molecule has 0 aliphatic carbocycles. The Labute approximate surface area is 157 Å². The van der Waals surface area contributed by atoms with Gasteiger partial charge in [-0.1, -0.05) is 26.7 Å². The summed E-state index contributed by atoms with van der Waals surface area (Å²) in [6.07, 6.45) is 3.35. The van der Waals surface area contributed by atoms with Crippen molar-refractivity contribution in [2.45, 2.75) is 39.5 Å². The highest BCUT2D eigenvalue weighted by molar-refractivity contribution is 5.99. The molecule has 0 aliphatic rings. The van der Waals surface area contributed by atoms with Crippen LogP contribution in [-0.2, 0) is 0 Å². The van der Waals surface area contributed by atoms with Gasteiger partial charge in [-0.3, -0.25) is 10.1 Å². The lowest BCUT2D eigenvalue weighted by Gasteiger charge is -2.17. The number of benzene rings is 2. The lowest BCUT2D eigenvalue weighted by molar-refractivity contribution is -0.384. The number of nitrogens with zero attached hydrogens (tertiary/aromatic N) is 3. The van der Waals surface area contributed by atoms with Crippen LogP contribution in [0.25, 0.3) is 10.8 Å². The fraction of sp³-hybridized carbons (Fsp3) is 0.400. The van der Waals surface area contributed by atoms with Gasteiger partial charge in [-0.05, 0) is 18.9 Å². The molecule has 2 aromatic carbocycles. The van der Waals surface area contributed by atoms with E-state index in [0.29, 0.717) is 24.0 Å². The van der Waals surface area contributed by atoms with Gasteiger partial charge < -0.3 is 9.47 Å². The summed E-state index contributed by atoms with van der Waals surface area (Å²) in [5.74, 6) is 0.472. The molecule has 0 amide bonds. The van der Waals surface area contributed by atoms with E-state index in [1.54, 1.807) is 6.07 Å². The van der Waals surface area contributed by atoms with E-state index in [4.69, 9.17) is 9.47 Å². The van der Waals surface area contributed by atoms with Gasteiger partial charge >= 0.3 is 0 Å². The van der Waals surface area contributed by atoms with Gasteiger partial charge in [0.2, 0.25) is 0 Å². The van der Waals surface area contributed by atoms with Crippen LogP contribution in [0.3, 0.4) is 0 Å². The molecule has 0 unspecified atom stereocenters. The van der Waals surface area contributed by atoms with Crippen LogP contribution in [0, 0.1) is 32.8 Å². The second-order valence-corrected chi connectivity index (χ2v) is 6.02. The molecular formula is C20H21N3O4. The molecule has 27 heavy (non-hydrogen) atoms. The van der Waals surface area contributed by atoms with Crippen LogP contribution in [0.1, 0.15) is 50.7 Å². The van der Waals surface area contributed by atoms with Crippen LogP contribution in [-0.4, -0.2) is 18.1 Å². The van der Waals surface area contributed by atoms with Gasteiger partial charge in [0.1, 0.15) is 34.8 Å². The topological polar surface area (TPSA) is 109 Å². The monoisotopic (exact) mass is 367 g/mol. The van der Waals surface area contributed by atoms with Crippen LogP contribution in [0.15, 0.2) is 18.2 Å². The summed E-state index contributed by atoms with van der Waals surface area (Å²) in [4.78, 5) is 10.7. The second-order valence-electron chi connectivity index (χ2n) is 6.02. The van der Waals surface area contributed by atoms with Gasteiger partial charge in [-0.2, -0.15) is 10.5 Å². The van der Waals surface area contributed by atoms with Crippen LogP contribution in [0.5, 0.6) is 11.5 Å². The van der Waals surface area contributed by atoms with Crippen molar-refractivity contribution in [2.24, 2.45) is 0 Å². The first kappa shape index (κ1) is 20.0. The van der Waals surface area contributed by atoms with Gasteiger partial charge in [-0.25, -0.2) is 0 Å². The summed E-state index contributed by atoms with van der Waals surface area (Å²) >= 11 is 0. The molecule has 0 spiro atoms. The molecule has 2 aromatic rings. The predicted octanol–water partition coefficient (Wildman–Crippen LogP) is 4.85. The summed E-state index contributed by atoms with van der Waals surface area (Å²) in [7, 11) is 0. The Morgan fingerprint density at radius 3 is 1.93 bits per heavy atom. The molecule has 2 rings (SSSR count). The molecule has 7 nitrogen and oxygen atoms in total. The van der Waals surface area contributed by atoms with E-state index < -0.39 is 4.92 Å². The summed E-state index contributed by atoms with van der Waals surface area (Å²) in [6, 6.07) is 8.33. The number of hydrogen-bond acceptors (Lipinski definition) is 6. The first-order valence-electron chi connectivity index (χ1n) is 8.92. The van der Waals surface area contributed by atoms with E-state index in [0.717, 1.165) is 25.7 Å². The lowest BCUT2D eigenvalue weighted by atomic mass is 9.98. The maximum Gasteiger partial charge on any atom is 0.270 e. The number of fused-ring (bicyclic) bond motifs is 1. The standard InChI is InChI=1S/C20H21N3O4/c1-3-5-9-26-19-15-8-7-14(23(24)25)11-16(15)20(27-10-6-4-2)18(13-22)17(19)12-21/h7-8,11H,3-6,9-10H2,1-2H3. The van der Waals surface area contributed by atoms with Gasteiger partial charge in [0, 0.05) is 22.9 Å². The fourth-order valence-electron chi connectivity index (χ4n) is 2.68. The molecule has 0 N–H and O–H groups in total. The Balaban J connectivity index is 2.77. The van der Waals surface area contributed by atoms with Crippen LogP contribution < -0.4 is 9.47 Å². The van der Waals surface area contributed by atoms with Crippen LogP contribution in [0.2, 0.25) is 0 Å². The van der Waals surface area contributed by atoms with Crippen molar-refractivity contribution in [1.82, 2.24) is 0 Å². The Kier molecular flexibility index (Phi) is 6.96. The van der Waals surface area contributed by atoms with Crippen molar-refractivity contribution >= 4 is 16.5 Å². The number of non-ortho nitro benzene ring substituents is 1. The number of hydrogen-bond donors (Lipinski definition) is 0. The molecule has 0 radical (unpaired) electrons. The first-order chi connectivity index (χ1) is 13.1. The van der Waals surface area contributed by atoms with E-state index in [2.05, 4.69) is 0 Å². The van der Waals surface area contributed by atoms with E-state index in [-0.39, 0.29) is 28.3 Å². The van der Waals surface area contributed by atoms with Crippen molar-refractivity contribution < 1.29 is 14.4 Å². The predicted molar refractivity (Wildman–Crippen MR) is 101 cm³/mol. The number of nitro benzene ring substituents is 1. The Bertz CT molecular complexity index is 926. The highest BCUT2D eigenvalue weighted by Crippen LogP contribution is 2.42. The van der Waals surface area contributed by atoms with Crippen LogP contribution >= 0.6 is 0 Å². The smallest absolute Gasteiger partial charge is 0.270 e. The SMILES string of the molecule is CCCCOc1c(C#N)c(C#N)c(OCCCC)c2cc([N+](=O)[O-])ccc12. The zero-order valence-electron chi connectivity index (χ0n) is 15.4. The number of nitriles is 2. The van der Waals surface area contributed by atoms with Gasteiger partial charge in [0.15, 0.2) is 0 Å². The average Bonchev–Trinajstić information content (AvgIpc) is 2.68. The van der Waals surface area contributed by atoms with E-state index in [1.165, 1.54) is 12.1 Å². The lowest BCUT2D eigenvalue weighted by Crippen LogP contribution is -2.05. The molecule has 0 saturated carbocycles. The minimum atomic E-state index is -0.503. The Morgan fingerprint density at radius 2 is 1.48 bits per heavy atom. The summed E-state index contributed by atoms with van der Waals surface area (Å²) in [5, 5.41) is 31.4. The van der Waals surface area contributed by atoms with Gasteiger partial charge in [0.05, 0.1) is 18.1 Å². The fourth-order valence-corrected chi connectivity index (χ4v) is 2.68. The van der Waals surface area contributed by atoms with Crippen molar-refractivity contribution in [3.63, 3.8) is 0 Å². The average molecular weight is 367 g/mol. The van der Waals surface area contributed by atoms with Crippen molar-refractivity contribution in [2.75, 3.05) is 13.2 Å². The Morgan fingerprint density at radius 1 is 0.963 bits per heavy atom. The number of unbranched alkanes of at least 4 members (excludes halogenated alkanes) is 2. The molecule has 0 aromatic heterocycles. The quantitative estimate of drug-likeness (QED) is 0.356. The van der Waals surface area contributed by atoms with Gasteiger partial charge in [-0.15, -0.1) is 0 Å². The maximum atomic E-state index is 11.2. The minimum absolute atomic E-state index is 0.0492. The second kappa shape index (κ2) is 9.40. The van der Waals surface area contributed by atoms with Gasteiger partial charge in [0.25, 0.3) is 5.69 Å². The highest BCUT2D eigenvalue weighted by atomic mass is 16.6. The van der Waals surface area contributed by atoms with E-state index >= 15 is 0 Å². The van der Waals surface area contributed by atoms with Crippen molar-refractivity contribution in [3.05, 3.63) is 39.4 Å². The molecule has 0 fully saturated rings. The van der Waals surface area contributed by atoms with Crippen molar-refractivity contribution in [1.29, 1.82) is 10.5 Å².